The minimum atomic E-state index is 0.540. The van der Waals surface area contributed by atoms with Crippen molar-refractivity contribution in [3.63, 3.8) is 0 Å². The zero-order valence-corrected chi connectivity index (χ0v) is 12.4. The van der Waals surface area contributed by atoms with Crippen LogP contribution in [-0.4, -0.2) is 14.3 Å². The molecular weight excluding hydrogens is 315 g/mol. The van der Waals surface area contributed by atoms with E-state index in [9.17, 15) is 0 Å². The fraction of sp³-hybridized carbons (Fsp3) is 0. The fourth-order valence-corrected chi connectivity index (χ4v) is 2.66. The zero-order chi connectivity index (χ0) is 13.9. The average Bonchev–Trinajstić information content (AvgIpc) is 2.92. The molecule has 0 saturated heterocycles. The molecule has 1 aromatic carbocycles. The van der Waals surface area contributed by atoms with Crippen LogP contribution in [0.1, 0.15) is 0 Å². The van der Waals surface area contributed by atoms with Crippen molar-refractivity contribution in [2.45, 2.75) is 0 Å². The predicted octanol–water partition coefficient (Wildman–Crippen LogP) is 4.65. The Labute approximate surface area is 129 Å². The van der Waals surface area contributed by atoms with Crippen molar-refractivity contribution in [1.82, 2.24) is 14.3 Å². The van der Waals surface area contributed by atoms with E-state index in [-0.39, 0.29) is 0 Å². The molecule has 1 N–H and O–H groups in total. The number of hydrogen-bond donors (Lipinski definition) is 1. The number of nitrogens with zero attached hydrogens (tertiary/aromatic N) is 3. The van der Waals surface area contributed by atoms with Crippen LogP contribution in [0.5, 0.6) is 0 Å². The summed E-state index contributed by atoms with van der Waals surface area (Å²) in [7, 11) is 0. The number of hydrogen-bond acceptors (Lipinski definition) is 5. The lowest BCUT2D eigenvalue weighted by Crippen LogP contribution is -1.90. The van der Waals surface area contributed by atoms with E-state index in [1.807, 2.05) is 12.1 Å². The Morgan fingerprint density at radius 2 is 1.85 bits per heavy atom. The van der Waals surface area contributed by atoms with Gasteiger partial charge in [0, 0.05) is 34.5 Å². The van der Waals surface area contributed by atoms with Gasteiger partial charge in [0.1, 0.15) is 0 Å². The predicted molar refractivity (Wildman–Crippen MR) is 82.9 cm³/mol. The second kappa shape index (κ2) is 5.75. The van der Waals surface area contributed by atoms with E-state index in [0.717, 1.165) is 11.3 Å². The molecule has 0 atom stereocenters. The lowest BCUT2D eigenvalue weighted by Gasteiger charge is -2.04. The van der Waals surface area contributed by atoms with E-state index in [4.69, 9.17) is 23.2 Å². The number of benzene rings is 1. The maximum Gasteiger partial charge on any atom is 0.207 e. The van der Waals surface area contributed by atoms with E-state index in [2.05, 4.69) is 19.7 Å². The van der Waals surface area contributed by atoms with E-state index >= 15 is 0 Å². The summed E-state index contributed by atoms with van der Waals surface area (Å²) < 4.78 is 4.30. The summed E-state index contributed by atoms with van der Waals surface area (Å²) in [5.41, 5.74) is 1.67. The van der Waals surface area contributed by atoms with Gasteiger partial charge >= 0.3 is 0 Å². The molecular formula is C13H8Cl2N4S. The third kappa shape index (κ3) is 2.90. The first-order chi connectivity index (χ1) is 9.72. The van der Waals surface area contributed by atoms with Crippen LogP contribution in [0.3, 0.4) is 0 Å². The van der Waals surface area contributed by atoms with Crippen LogP contribution in [0.2, 0.25) is 10.0 Å². The van der Waals surface area contributed by atoms with Gasteiger partial charge in [0.05, 0.1) is 10.7 Å². The standard InChI is InChI=1S/C13H8Cl2N4S/c14-9-1-2-11(10(15)7-9)17-13-18-12(19-20-13)8-3-5-16-6-4-8/h1-7H,(H,17,18,19). The Morgan fingerprint density at radius 1 is 1.05 bits per heavy atom. The highest BCUT2D eigenvalue weighted by Gasteiger charge is 2.08. The molecule has 7 heteroatoms. The van der Waals surface area contributed by atoms with Crippen LogP contribution in [-0.2, 0) is 0 Å². The molecule has 4 nitrogen and oxygen atoms in total. The molecule has 2 aromatic heterocycles. The van der Waals surface area contributed by atoms with Crippen molar-refractivity contribution >= 4 is 45.6 Å². The molecule has 0 aliphatic rings. The Kier molecular flexibility index (Phi) is 3.82. The van der Waals surface area contributed by atoms with Gasteiger partial charge in [-0.15, -0.1) is 0 Å². The second-order valence-electron chi connectivity index (χ2n) is 3.91. The first-order valence-electron chi connectivity index (χ1n) is 5.68. The van der Waals surface area contributed by atoms with Gasteiger partial charge in [-0.25, -0.2) is 0 Å². The van der Waals surface area contributed by atoms with Crippen LogP contribution < -0.4 is 5.32 Å². The maximum absolute atomic E-state index is 6.10. The molecule has 0 unspecified atom stereocenters. The minimum absolute atomic E-state index is 0.540. The van der Waals surface area contributed by atoms with Crippen LogP contribution in [0.15, 0.2) is 42.7 Å². The lowest BCUT2D eigenvalue weighted by atomic mass is 10.3. The Balaban J connectivity index is 1.84. The summed E-state index contributed by atoms with van der Waals surface area (Å²) >= 11 is 13.2. The average molecular weight is 323 g/mol. The van der Waals surface area contributed by atoms with E-state index < -0.39 is 0 Å². The first-order valence-corrected chi connectivity index (χ1v) is 7.21. The van der Waals surface area contributed by atoms with Gasteiger partial charge < -0.3 is 5.32 Å². The van der Waals surface area contributed by atoms with Crippen molar-refractivity contribution in [2.75, 3.05) is 5.32 Å². The summed E-state index contributed by atoms with van der Waals surface area (Å²) in [6.07, 6.45) is 3.42. The molecule has 0 aliphatic carbocycles. The number of anilines is 2. The number of pyridine rings is 1. The molecule has 0 fully saturated rings. The first kappa shape index (κ1) is 13.3. The molecule has 3 rings (SSSR count). The largest absolute Gasteiger partial charge is 0.329 e. The summed E-state index contributed by atoms with van der Waals surface area (Å²) in [6, 6.07) is 8.97. The normalized spacial score (nSPS) is 10.5. The van der Waals surface area contributed by atoms with E-state index in [0.29, 0.717) is 21.0 Å². The maximum atomic E-state index is 6.10. The summed E-state index contributed by atoms with van der Waals surface area (Å²) in [4.78, 5) is 8.38. The second-order valence-corrected chi connectivity index (χ2v) is 5.50. The highest BCUT2D eigenvalue weighted by atomic mass is 35.5. The number of rotatable bonds is 3. The van der Waals surface area contributed by atoms with Crippen molar-refractivity contribution in [3.05, 3.63) is 52.8 Å². The Morgan fingerprint density at radius 3 is 2.60 bits per heavy atom. The molecule has 3 aromatic rings. The van der Waals surface area contributed by atoms with Crippen LogP contribution >= 0.6 is 34.7 Å². The van der Waals surface area contributed by atoms with Crippen LogP contribution in [0, 0.1) is 0 Å². The molecule has 0 radical (unpaired) electrons. The third-order valence-corrected chi connectivity index (χ3v) is 3.72. The molecule has 0 saturated carbocycles. The third-order valence-electron chi connectivity index (χ3n) is 2.54. The quantitative estimate of drug-likeness (QED) is 0.762. The number of halogens is 2. The van der Waals surface area contributed by atoms with E-state index in [1.165, 1.54) is 11.5 Å². The molecule has 0 spiro atoms. The van der Waals surface area contributed by atoms with Gasteiger partial charge in [0.25, 0.3) is 0 Å². The van der Waals surface area contributed by atoms with Gasteiger partial charge in [-0.05, 0) is 30.3 Å². The summed E-state index contributed by atoms with van der Waals surface area (Å²) in [5, 5.41) is 4.93. The number of nitrogens with one attached hydrogen (secondary N) is 1. The van der Waals surface area contributed by atoms with Crippen LogP contribution in [0.25, 0.3) is 11.4 Å². The zero-order valence-electron chi connectivity index (χ0n) is 10.0. The molecule has 0 amide bonds. The molecule has 0 bridgehead atoms. The minimum Gasteiger partial charge on any atom is -0.329 e. The van der Waals surface area contributed by atoms with Gasteiger partial charge in [-0.1, -0.05) is 23.2 Å². The monoisotopic (exact) mass is 322 g/mol. The lowest BCUT2D eigenvalue weighted by molar-refractivity contribution is 1.28. The topological polar surface area (TPSA) is 50.7 Å². The van der Waals surface area contributed by atoms with Gasteiger partial charge in [0.15, 0.2) is 5.82 Å². The highest BCUT2D eigenvalue weighted by molar-refractivity contribution is 7.10. The number of aromatic nitrogens is 3. The summed E-state index contributed by atoms with van der Waals surface area (Å²) in [5.74, 6) is 0.657. The summed E-state index contributed by atoms with van der Waals surface area (Å²) in [6.45, 7) is 0. The molecule has 0 aliphatic heterocycles. The van der Waals surface area contributed by atoms with Gasteiger partial charge in [-0.3, -0.25) is 4.98 Å². The fourth-order valence-electron chi connectivity index (χ4n) is 1.60. The Hall–Kier alpha value is -1.69. The van der Waals surface area contributed by atoms with Gasteiger partial charge in [0.2, 0.25) is 5.13 Å². The SMILES string of the molecule is Clc1ccc(Nc2nc(-c3ccncc3)ns2)c(Cl)c1. The molecule has 100 valence electrons. The van der Waals surface area contributed by atoms with E-state index in [1.54, 1.807) is 30.6 Å². The Bertz CT molecular complexity index is 730. The van der Waals surface area contributed by atoms with Gasteiger partial charge in [-0.2, -0.15) is 9.36 Å². The highest BCUT2D eigenvalue weighted by Crippen LogP contribution is 2.29. The van der Waals surface area contributed by atoms with Crippen molar-refractivity contribution in [3.8, 4) is 11.4 Å². The van der Waals surface area contributed by atoms with Crippen molar-refractivity contribution in [2.24, 2.45) is 0 Å². The smallest absolute Gasteiger partial charge is 0.207 e. The van der Waals surface area contributed by atoms with Crippen molar-refractivity contribution < 1.29 is 0 Å². The van der Waals surface area contributed by atoms with Crippen molar-refractivity contribution in [1.29, 1.82) is 0 Å². The molecule has 20 heavy (non-hydrogen) atoms. The van der Waals surface area contributed by atoms with Crippen LogP contribution in [0.4, 0.5) is 10.8 Å². The molecule has 2 heterocycles.